The first-order valence-electron chi connectivity index (χ1n) is 9.24. The first-order valence-corrected chi connectivity index (χ1v) is 9.24. The number of likely N-dealkylation sites (N-methyl/N-ethyl adjacent to an activating group) is 1. The number of anilines is 1. The van der Waals surface area contributed by atoms with Gasteiger partial charge in [0.15, 0.2) is 11.5 Å². The van der Waals surface area contributed by atoms with Crippen LogP contribution in [0.3, 0.4) is 0 Å². The van der Waals surface area contributed by atoms with Crippen molar-refractivity contribution in [3.05, 3.63) is 53.6 Å². The Labute approximate surface area is 161 Å². The van der Waals surface area contributed by atoms with Crippen LogP contribution in [-0.2, 0) is 6.54 Å². The summed E-state index contributed by atoms with van der Waals surface area (Å²) in [6, 6.07) is 12.6. The molecule has 146 valence electrons. The van der Waals surface area contributed by atoms with Crippen LogP contribution in [0, 0.1) is 0 Å². The maximum Gasteiger partial charge on any atom is 0.255 e. The summed E-state index contributed by atoms with van der Waals surface area (Å²) < 4.78 is 11.3. The number of rotatable bonds is 10. The molecule has 0 heterocycles. The summed E-state index contributed by atoms with van der Waals surface area (Å²) in [6.45, 7) is 8.05. The lowest BCUT2D eigenvalue weighted by molar-refractivity contribution is 0.102. The molecule has 2 rings (SSSR count). The van der Waals surface area contributed by atoms with Gasteiger partial charge in [-0.05, 0) is 42.9 Å². The molecule has 0 atom stereocenters. The standard InChI is InChI=1S/C21H29N3O3/c1-4-24(5-2)12-13-27-20-14-18(10-11-19(20)26-3)23-21(25)17-8-6-16(15-22)7-9-17/h6-11,14H,4-5,12-13,15,22H2,1-3H3,(H,23,25). The first-order chi connectivity index (χ1) is 13.1. The summed E-state index contributed by atoms with van der Waals surface area (Å²) in [5.74, 6) is 1.07. The third kappa shape index (κ3) is 5.98. The SMILES string of the molecule is CCN(CC)CCOc1cc(NC(=O)c2ccc(CN)cc2)ccc1OC. The molecule has 1 amide bonds. The predicted molar refractivity (Wildman–Crippen MR) is 109 cm³/mol. The van der Waals surface area contributed by atoms with E-state index in [0.29, 0.717) is 35.9 Å². The van der Waals surface area contributed by atoms with E-state index in [1.165, 1.54) is 0 Å². The third-order valence-corrected chi connectivity index (χ3v) is 4.43. The van der Waals surface area contributed by atoms with E-state index in [1.807, 2.05) is 12.1 Å². The first kappa shape index (κ1) is 20.7. The quantitative estimate of drug-likeness (QED) is 0.671. The van der Waals surface area contributed by atoms with Crippen LogP contribution in [0.4, 0.5) is 5.69 Å². The van der Waals surface area contributed by atoms with Crippen molar-refractivity contribution < 1.29 is 14.3 Å². The number of ether oxygens (including phenoxy) is 2. The van der Waals surface area contributed by atoms with Crippen LogP contribution in [0.15, 0.2) is 42.5 Å². The molecule has 0 bridgehead atoms. The van der Waals surface area contributed by atoms with Gasteiger partial charge in [0.1, 0.15) is 6.61 Å². The average Bonchev–Trinajstić information content (AvgIpc) is 2.71. The topological polar surface area (TPSA) is 76.8 Å². The third-order valence-electron chi connectivity index (χ3n) is 4.43. The summed E-state index contributed by atoms with van der Waals surface area (Å²) in [4.78, 5) is 14.7. The van der Waals surface area contributed by atoms with E-state index < -0.39 is 0 Å². The Morgan fingerprint density at radius 3 is 2.37 bits per heavy atom. The highest BCUT2D eigenvalue weighted by molar-refractivity contribution is 6.04. The number of amides is 1. The molecule has 0 fully saturated rings. The van der Waals surface area contributed by atoms with Crippen LogP contribution < -0.4 is 20.5 Å². The number of benzene rings is 2. The Hall–Kier alpha value is -2.57. The average molecular weight is 371 g/mol. The fourth-order valence-electron chi connectivity index (χ4n) is 2.69. The van der Waals surface area contributed by atoms with Crippen molar-refractivity contribution >= 4 is 11.6 Å². The fraction of sp³-hybridized carbons (Fsp3) is 0.381. The highest BCUT2D eigenvalue weighted by Crippen LogP contribution is 2.30. The largest absolute Gasteiger partial charge is 0.493 e. The van der Waals surface area contributed by atoms with Crippen molar-refractivity contribution in [2.24, 2.45) is 5.73 Å². The Morgan fingerprint density at radius 1 is 1.07 bits per heavy atom. The molecule has 0 saturated carbocycles. The van der Waals surface area contributed by atoms with Gasteiger partial charge in [0, 0.05) is 30.4 Å². The number of hydrogen-bond acceptors (Lipinski definition) is 5. The molecule has 6 nitrogen and oxygen atoms in total. The van der Waals surface area contributed by atoms with Crippen molar-refractivity contribution in [1.29, 1.82) is 0 Å². The molecule has 6 heteroatoms. The molecular formula is C21H29N3O3. The lowest BCUT2D eigenvalue weighted by Crippen LogP contribution is -2.28. The van der Waals surface area contributed by atoms with Gasteiger partial charge in [-0.2, -0.15) is 0 Å². The van der Waals surface area contributed by atoms with Crippen molar-refractivity contribution in [2.45, 2.75) is 20.4 Å². The molecule has 0 radical (unpaired) electrons. The minimum Gasteiger partial charge on any atom is -0.493 e. The second kappa shape index (κ2) is 10.5. The lowest BCUT2D eigenvalue weighted by Gasteiger charge is -2.19. The fourth-order valence-corrected chi connectivity index (χ4v) is 2.69. The molecule has 27 heavy (non-hydrogen) atoms. The molecule has 0 aliphatic heterocycles. The number of methoxy groups -OCH3 is 1. The van der Waals surface area contributed by atoms with E-state index in [2.05, 4.69) is 24.1 Å². The zero-order chi connectivity index (χ0) is 19.6. The molecule has 0 unspecified atom stereocenters. The zero-order valence-corrected chi connectivity index (χ0v) is 16.3. The summed E-state index contributed by atoms with van der Waals surface area (Å²) in [6.07, 6.45) is 0. The van der Waals surface area contributed by atoms with E-state index in [0.717, 1.165) is 25.2 Å². The van der Waals surface area contributed by atoms with Gasteiger partial charge in [0.2, 0.25) is 0 Å². The Balaban J connectivity index is 2.05. The maximum absolute atomic E-state index is 12.4. The summed E-state index contributed by atoms with van der Waals surface area (Å²) >= 11 is 0. The molecule has 0 aliphatic carbocycles. The van der Waals surface area contributed by atoms with Gasteiger partial charge < -0.3 is 25.4 Å². The minimum absolute atomic E-state index is 0.183. The van der Waals surface area contributed by atoms with E-state index in [9.17, 15) is 4.79 Å². The van der Waals surface area contributed by atoms with Crippen LogP contribution in [0.5, 0.6) is 11.5 Å². The van der Waals surface area contributed by atoms with E-state index >= 15 is 0 Å². The van der Waals surface area contributed by atoms with Crippen LogP contribution in [0.25, 0.3) is 0 Å². The number of nitrogens with zero attached hydrogens (tertiary/aromatic N) is 1. The van der Waals surface area contributed by atoms with Gasteiger partial charge in [-0.15, -0.1) is 0 Å². The van der Waals surface area contributed by atoms with Crippen LogP contribution >= 0.6 is 0 Å². The highest BCUT2D eigenvalue weighted by Gasteiger charge is 2.10. The summed E-state index contributed by atoms with van der Waals surface area (Å²) in [5, 5.41) is 2.89. The van der Waals surface area contributed by atoms with Crippen LogP contribution in [0.1, 0.15) is 29.8 Å². The number of nitrogens with one attached hydrogen (secondary N) is 1. The molecule has 0 aromatic heterocycles. The van der Waals surface area contributed by atoms with Crippen molar-refractivity contribution in [3.8, 4) is 11.5 Å². The summed E-state index contributed by atoms with van der Waals surface area (Å²) in [7, 11) is 1.60. The van der Waals surface area contributed by atoms with Gasteiger partial charge in [-0.25, -0.2) is 0 Å². The van der Waals surface area contributed by atoms with Gasteiger partial charge >= 0.3 is 0 Å². The second-order valence-electron chi connectivity index (χ2n) is 6.10. The minimum atomic E-state index is -0.183. The van der Waals surface area contributed by atoms with Gasteiger partial charge in [0.25, 0.3) is 5.91 Å². The summed E-state index contributed by atoms with van der Waals surface area (Å²) in [5.41, 5.74) is 7.81. The zero-order valence-electron chi connectivity index (χ0n) is 16.3. The Bertz CT molecular complexity index is 728. The van der Waals surface area contributed by atoms with Crippen LogP contribution in [-0.4, -0.2) is 44.2 Å². The van der Waals surface area contributed by atoms with Gasteiger partial charge in [-0.1, -0.05) is 26.0 Å². The van der Waals surface area contributed by atoms with Crippen molar-refractivity contribution in [2.75, 3.05) is 38.7 Å². The predicted octanol–water partition coefficient (Wildman–Crippen LogP) is 3.13. The van der Waals surface area contributed by atoms with E-state index in [4.69, 9.17) is 15.2 Å². The van der Waals surface area contributed by atoms with Crippen LogP contribution in [0.2, 0.25) is 0 Å². The second-order valence-corrected chi connectivity index (χ2v) is 6.10. The van der Waals surface area contributed by atoms with Gasteiger partial charge in [0.05, 0.1) is 7.11 Å². The number of nitrogens with two attached hydrogens (primary N) is 1. The molecule has 3 N–H and O–H groups in total. The van der Waals surface area contributed by atoms with Crippen molar-refractivity contribution in [3.63, 3.8) is 0 Å². The smallest absolute Gasteiger partial charge is 0.255 e. The Kier molecular flexibility index (Phi) is 8.10. The monoisotopic (exact) mass is 371 g/mol. The normalized spacial score (nSPS) is 10.7. The number of carbonyl (C=O) groups excluding carboxylic acids is 1. The molecular weight excluding hydrogens is 342 g/mol. The molecule has 0 saturated heterocycles. The number of carbonyl (C=O) groups is 1. The van der Waals surface area contributed by atoms with E-state index in [-0.39, 0.29) is 5.91 Å². The van der Waals surface area contributed by atoms with E-state index in [1.54, 1.807) is 37.4 Å². The highest BCUT2D eigenvalue weighted by atomic mass is 16.5. The molecule has 2 aromatic carbocycles. The number of hydrogen-bond donors (Lipinski definition) is 2. The maximum atomic E-state index is 12.4. The molecule has 2 aromatic rings. The van der Waals surface area contributed by atoms with Crippen molar-refractivity contribution in [1.82, 2.24) is 4.90 Å². The molecule has 0 aliphatic rings. The molecule has 0 spiro atoms. The Morgan fingerprint density at radius 2 is 1.78 bits per heavy atom. The van der Waals surface area contributed by atoms with Gasteiger partial charge in [-0.3, -0.25) is 4.79 Å². The lowest BCUT2D eigenvalue weighted by atomic mass is 10.1.